The number of aryl methyl sites for hydroxylation is 1. The summed E-state index contributed by atoms with van der Waals surface area (Å²) in [6.07, 6.45) is 4.00. The normalized spacial score (nSPS) is 17.2. The Kier molecular flexibility index (Phi) is 3.66. The maximum atomic E-state index is 11.3. The molecular formula is C12H19N3OS. The van der Waals surface area contributed by atoms with E-state index in [-0.39, 0.29) is 5.91 Å². The van der Waals surface area contributed by atoms with Crippen molar-refractivity contribution < 1.29 is 4.79 Å². The molecule has 0 atom stereocenters. The number of carbonyl (C=O) groups is 1. The Balaban J connectivity index is 1.92. The Morgan fingerprint density at radius 3 is 2.65 bits per heavy atom. The first-order valence-corrected chi connectivity index (χ1v) is 6.80. The number of thiazole rings is 1. The van der Waals surface area contributed by atoms with Crippen molar-refractivity contribution in [2.75, 3.05) is 25.0 Å². The van der Waals surface area contributed by atoms with E-state index < -0.39 is 0 Å². The van der Waals surface area contributed by atoms with Gasteiger partial charge in [-0.15, -0.1) is 11.3 Å². The molecule has 1 aromatic rings. The van der Waals surface area contributed by atoms with Gasteiger partial charge in [0.15, 0.2) is 5.13 Å². The number of piperidine rings is 1. The predicted molar refractivity (Wildman–Crippen MR) is 70.5 cm³/mol. The molecule has 1 saturated heterocycles. The summed E-state index contributed by atoms with van der Waals surface area (Å²) in [5, 5.41) is 1.12. The van der Waals surface area contributed by atoms with Gasteiger partial charge in [-0.05, 0) is 19.8 Å². The molecule has 0 spiro atoms. The maximum absolute atomic E-state index is 11.3. The number of aromatic nitrogens is 1. The number of anilines is 1. The summed E-state index contributed by atoms with van der Waals surface area (Å²) in [5.74, 6) is 0.161. The highest BCUT2D eigenvalue weighted by molar-refractivity contribution is 7.15. The second kappa shape index (κ2) is 5.04. The number of rotatable bonds is 2. The van der Waals surface area contributed by atoms with E-state index in [1.165, 1.54) is 4.88 Å². The molecule has 0 aliphatic carbocycles. The van der Waals surface area contributed by atoms with Gasteiger partial charge in [-0.3, -0.25) is 4.79 Å². The van der Waals surface area contributed by atoms with Gasteiger partial charge < -0.3 is 9.80 Å². The monoisotopic (exact) mass is 253 g/mol. The molecule has 0 radical (unpaired) electrons. The van der Waals surface area contributed by atoms with Crippen molar-refractivity contribution in [3.05, 3.63) is 11.1 Å². The van der Waals surface area contributed by atoms with Gasteiger partial charge in [-0.25, -0.2) is 4.98 Å². The zero-order valence-electron chi connectivity index (χ0n) is 10.6. The van der Waals surface area contributed by atoms with E-state index in [0.29, 0.717) is 6.04 Å². The van der Waals surface area contributed by atoms with Crippen LogP contribution in [0.4, 0.5) is 5.13 Å². The molecule has 0 unspecified atom stereocenters. The van der Waals surface area contributed by atoms with Crippen LogP contribution < -0.4 is 4.90 Å². The van der Waals surface area contributed by atoms with E-state index in [4.69, 9.17) is 0 Å². The van der Waals surface area contributed by atoms with Gasteiger partial charge in [-0.2, -0.15) is 0 Å². The molecule has 17 heavy (non-hydrogen) atoms. The Labute approximate surface area is 106 Å². The standard InChI is InChI=1S/C12H19N3OS/c1-9-8-13-12(17-9)15-6-4-11(5-7-15)14(3)10(2)16/h8,11H,4-7H2,1-3H3. The van der Waals surface area contributed by atoms with Crippen LogP contribution in [0.25, 0.3) is 0 Å². The van der Waals surface area contributed by atoms with Crippen LogP contribution in [0, 0.1) is 6.92 Å². The molecule has 1 aromatic heterocycles. The first-order chi connectivity index (χ1) is 8.08. The molecule has 2 rings (SSSR count). The SMILES string of the molecule is CC(=O)N(C)C1CCN(c2ncc(C)s2)CC1. The van der Waals surface area contributed by atoms with Gasteiger partial charge in [0.05, 0.1) is 0 Å². The number of hydrogen-bond acceptors (Lipinski definition) is 4. The van der Waals surface area contributed by atoms with Crippen molar-refractivity contribution >= 4 is 22.4 Å². The number of amides is 1. The third-order valence-corrected chi connectivity index (χ3v) is 4.36. The van der Waals surface area contributed by atoms with E-state index in [1.807, 2.05) is 18.1 Å². The number of carbonyl (C=O) groups excluding carboxylic acids is 1. The average molecular weight is 253 g/mol. The summed E-state index contributed by atoms with van der Waals surface area (Å²) in [7, 11) is 1.90. The summed E-state index contributed by atoms with van der Waals surface area (Å²) in [4.78, 5) is 21.1. The fourth-order valence-electron chi connectivity index (χ4n) is 2.19. The quantitative estimate of drug-likeness (QED) is 0.807. The highest BCUT2D eigenvalue weighted by Crippen LogP contribution is 2.26. The molecular weight excluding hydrogens is 234 g/mol. The number of hydrogen-bond donors (Lipinski definition) is 0. The first kappa shape index (κ1) is 12.4. The summed E-state index contributed by atoms with van der Waals surface area (Å²) in [6.45, 7) is 5.71. The van der Waals surface area contributed by atoms with E-state index >= 15 is 0 Å². The Morgan fingerprint density at radius 2 is 2.18 bits per heavy atom. The number of nitrogens with zero attached hydrogens (tertiary/aromatic N) is 3. The van der Waals surface area contributed by atoms with Gasteiger partial charge >= 0.3 is 0 Å². The molecule has 1 aliphatic heterocycles. The van der Waals surface area contributed by atoms with Crippen LogP contribution in [-0.4, -0.2) is 42.0 Å². The van der Waals surface area contributed by atoms with Crippen molar-refractivity contribution in [3.63, 3.8) is 0 Å². The molecule has 5 heteroatoms. The van der Waals surface area contributed by atoms with Gasteiger partial charge in [0.2, 0.25) is 5.91 Å². The van der Waals surface area contributed by atoms with E-state index in [9.17, 15) is 4.79 Å². The Hall–Kier alpha value is -1.10. The van der Waals surface area contributed by atoms with Crippen LogP contribution in [-0.2, 0) is 4.79 Å². The van der Waals surface area contributed by atoms with Crippen LogP contribution in [0.15, 0.2) is 6.20 Å². The largest absolute Gasteiger partial charge is 0.348 e. The molecule has 2 heterocycles. The minimum atomic E-state index is 0.161. The van der Waals surface area contributed by atoms with Crippen LogP contribution >= 0.6 is 11.3 Å². The minimum Gasteiger partial charge on any atom is -0.348 e. The fraction of sp³-hybridized carbons (Fsp3) is 0.667. The van der Waals surface area contributed by atoms with E-state index in [0.717, 1.165) is 31.1 Å². The lowest BCUT2D eigenvalue weighted by molar-refractivity contribution is -0.129. The second-order valence-corrected chi connectivity index (χ2v) is 5.81. The molecule has 0 saturated carbocycles. The summed E-state index contributed by atoms with van der Waals surface area (Å²) in [6, 6.07) is 0.393. The zero-order chi connectivity index (χ0) is 12.4. The highest BCUT2D eigenvalue weighted by atomic mass is 32.1. The van der Waals surface area contributed by atoms with Crippen molar-refractivity contribution in [2.24, 2.45) is 0 Å². The summed E-state index contributed by atoms with van der Waals surface area (Å²) in [5.41, 5.74) is 0. The Bertz CT molecular complexity index is 396. The van der Waals surface area contributed by atoms with Gasteiger partial charge in [0, 0.05) is 44.2 Å². The average Bonchev–Trinajstić information content (AvgIpc) is 2.75. The minimum absolute atomic E-state index is 0.161. The van der Waals surface area contributed by atoms with Gasteiger partial charge in [0.25, 0.3) is 0 Å². The van der Waals surface area contributed by atoms with E-state index in [1.54, 1.807) is 18.3 Å². The Morgan fingerprint density at radius 1 is 1.53 bits per heavy atom. The molecule has 4 nitrogen and oxygen atoms in total. The predicted octanol–water partition coefficient (Wildman–Crippen LogP) is 1.90. The smallest absolute Gasteiger partial charge is 0.219 e. The van der Waals surface area contributed by atoms with Crippen LogP contribution in [0.3, 0.4) is 0 Å². The van der Waals surface area contributed by atoms with Crippen molar-refractivity contribution in [1.29, 1.82) is 0 Å². The van der Waals surface area contributed by atoms with Gasteiger partial charge in [0.1, 0.15) is 0 Å². The van der Waals surface area contributed by atoms with Crippen molar-refractivity contribution in [3.8, 4) is 0 Å². The lowest BCUT2D eigenvalue weighted by Crippen LogP contribution is -2.45. The first-order valence-electron chi connectivity index (χ1n) is 5.98. The van der Waals surface area contributed by atoms with Crippen LogP contribution in [0.2, 0.25) is 0 Å². The van der Waals surface area contributed by atoms with Crippen LogP contribution in [0.1, 0.15) is 24.6 Å². The fourth-order valence-corrected chi connectivity index (χ4v) is 3.00. The molecule has 0 N–H and O–H groups in total. The third-order valence-electron chi connectivity index (χ3n) is 3.39. The third kappa shape index (κ3) is 2.77. The second-order valence-electron chi connectivity index (χ2n) is 4.60. The molecule has 1 amide bonds. The molecule has 0 bridgehead atoms. The topological polar surface area (TPSA) is 36.4 Å². The maximum Gasteiger partial charge on any atom is 0.219 e. The van der Waals surface area contributed by atoms with E-state index in [2.05, 4.69) is 16.8 Å². The highest BCUT2D eigenvalue weighted by Gasteiger charge is 2.24. The molecule has 1 aliphatic rings. The lowest BCUT2D eigenvalue weighted by Gasteiger charge is -2.36. The molecule has 1 fully saturated rings. The molecule has 94 valence electrons. The molecule has 0 aromatic carbocycles. The summed E-state index contributed by atoms with van der Waals surface area (Å²) >= 11 is 1.74. The van der Waals surface area contributed by atoms with Gasteiger partial charge in [-0.1, -0.05) is 0 Å². The van der Waals surface area contributed by atoms with Crippen LogP contribution in [0.5, 0.6) is 0 Å². The van der Waals surface area contributed by atoms with Crippen molar-refractivity contribution in [2.45, 2.75) is 32.7 Å². The lowest BCUT2D eigenvalue weighted by atomic mass is 10.0. The summed E-state index contributed by atoms with van der Waals surface area (Å²) < 4.78 is 0. The zero-order valence-corrected chi connectivity index (χ0v) is 11.5. The van der Waals surface area contributed by atoms with Crippen molar-refractivity contribution in [1.82, 2.24) is 9.88 Å².